The summed E-state index contributed by atoms with van der Waals surface area (Å²) in [7, 11) is 0. The van der Waals surface area contributed by atoms with Crippen molar-refractivity contribution in [2.24, 2.45) is 5.73 Å². The first kappa shape index (κ1) is 11.2. The van der Waals surface area contributed by atoms with Crippen molar-refractivity contribution in [2.75, 3.05) is 19.8 Å². The molecule has 0 spiro atoms. The molecule has 0 amide bonds. The van der Waals surface area contributed by atoms with Gasteiger partial charge in [-0.3, -0.25) is 0 Å². The van der Waals surface area contributed by atoms with E-state index in [4.69, 9.17) is 26.8 Å². The van der Waals surface area contributed by atoms with Gasteiger partial charge in [-0.05, 0) is 24.5 Å². The van der Waals surface area contributed by atoms with Gasteiger partial charge in [0.25, 0.3) is 0 Å². The van der Waals surface area contributed by atoms with E-state index in [9.17, 15) is 0 Å². The number of ether oxygens (including phenoxy) is 2. The third kappa shape index (κ3) is 1.78. The van der Waals surface area contributed by atoms with E-state index in [2.05, 4.69) is 0 Å². The van der Waals surface area contributed by atoms with E-state index in [1.807, 2.05) is 12.1 Å². The van der Waals surface area contributed by atoms with E-state index in [1.165, 1.54) is 0 Å². The van der Waals surface area contributed by atoms with Crippen LogP contribution in [-0.2, 0) is 5.41 Å². The summed E-state index contributed by atoms with van der Waals surface area (Å²) in [4.78, 5) is 0. The van der Waals surface area contributed by atoms with Crippen LogP contribution in [-0.4, -0.2) is 19.8 Å². The summed E-state index contributed by atoms with van der Waals surface area (Å²) in [6, 6.07) is 3.99. The highest BCUT2D eigenvalue weighted by Crippen LogP contribution is 2.53. The van der Waals surface area contributed by atoms with Crippen LogP contribution in [0.2, 0.25) is 5.02 Å². The molecule has 3 rings (SSSR count). The lowest BCUT2D eigenvalue weighted by molar-refractivity contribution is 0.297. The second kappa shape index (κ2) is 4.07. The average molecular weight is 254 g/mol. The Morgan fingerprint density at radius 3 is 2.71 bits per heavy atom. The first-order valence-electron chi connectivity index (χ1n) is 6.05. The molecular weight excluding hydrogens is 238 g/mol. The molecule has 0 unspecified atom stereocenters. The van der Waals surface area contributed by atoms with Gasteiger partial charge in [-0.25, -0.2) is 0 Å². The number of benzene rings is 1. The van der Waals surface area contributed by atoms with Crippen molar-refractivity contribution in [3.63, 3.8) is 0 Å². The maximum atomic E-state index is 6.44. The Labute approximate surface area is 106 Å². The number of rotatable bonds is 2. The highest BCUT2D eigenvalue weighted by molar-refractivity contribution is 6.33. The summed E-state index contributed by atoms with van der Waals surface area (Å²) in [5.74, 6) is 1.45. The lowest BCUT2D eigenvalue weighted by Crippen LogP contribution is -2.20. The van der Waals surface area contributed by atoms with Gasteiger partial charge in [0.05, 0.1) is 18.2 Å². The van der Waals surface area contributed by atoms with Crippen molar-refractivity contribution in [3.05, 3.63) is 22.7 Å². The molecule has 1 aromatic carbocycles. The van der Waals surface area contributed by atoms with Gasteiger partial charge in [0.1, 0.15) is 0 Å². The Kier molecular flexibility index (Phi) is 2.68. The quantitative estimate of drug-likeness (QED) is 0.881. The molecule has 1 saturated carbocycles. The minimum absolute atomic E-state index is 0.0851. The normalized spacial score (nSPS) is 20.8. The lowest BCUT2D eigenvalue weighted by Gasteiger charge is -2.18. The molecule has 0 radical (unpaired) electrons. The van der Waals surface area contributed by atoms with E-state index >= 15 is 0 Å². The van der Waals surface area contributed by atoms with Crippen LogP contribution in [0.4, 0.5) is 0 Å². The van der Waals surface area contributed by atoms with Crippen molar-refractivity contribution in [2.45, 2.75) is 24.7 Å². The van der Waals surface area contributed by atoms with Gasteiger partial charge in [-0.2, -0.15) is 0 Å². The van der Waals surface area contributed by atoms with Crippen LogP contribution in [0.3, 0.4) is 0 Å². The van der Waals surface area contributed by atoms with Crippen molar-refractivity contribution in [3.8, 4) is 11.5 Å². The number of fused-ring (bicyclic) bond motifs is 1. The zero-order valence-corrected chi connectivity index (χ0v) is 10.4. The molecule has 1 fully saturated rings. The third-order valence-electron chi connectivity index (χ3n) is 3.67. The summed E-state index contributed by atoms with van der Waals surface area (Å²) >= 11 is 6.44. The summed E-state index contributed by atoms with van der Waals surface area (Å²) in [5, 5.41) is 0.687. The van der Waals surface area contributed by atoms with Crippen molar-refractivity contribution >= 4 is 11.6 Å². The van der Waals surface area contributed by atoms with Crippen molar-refractivity contribution in [1.29, 1.82) is 0 Å². The van der Waals surface area contributed by atoms with Gasteiger partial charge in [-0.1, -0.05) is 17.7 Å². The Hall–Kier alpha value is -0.930. The molecule has 0 aromatic heterocycles. The molecule has 0 saturated heterocycles. The molecule has 2 aliphatic rings. The van der Waals surface area contributed by atoms with Crippen LogP contribution in [0, 0.1) is 0 Å². The van der Waals surface area contributed by atoms with Gasteiger partial charge in [-0.15, -0.1) is 0 Å². The summed E-state index contributed by atoms with van der Waals surface area (Å²) in [5.41, 5.74) is 7.05. The minimum atomic E-state index is 0.0851. The second-order valence-corrected chi connectivity index (χ2v) is 5.17. The van der Waals surface area contributed by atoms with Crippen molar-refractivity contribution < 1.29 is 9.47 Å². The third-order valence-corrected chi connectivity index (χ3v) is 4.04. The zero-order chi connectivity index (χ0) is 11.9. The van der Waals surface area contributed by atoms with Gasteiger partial charge < -0.3 is 15.2 Å². The highest BCUT2D eigenvalue weighted by atomic mass is 35.5. The van der Waals surface area contributed by atoms with Crippen LogP contribution in [0.15, 0.2) is 12.1 Å². The predicted molar refractivity (Wildman–Crippen MR) is 67.0 cm³/mol. The van der Waals surface area contributed by atoms with Crippen LogP contribution in [0.25, 0.3) is 0 Å². The maximum absolute atomic E-state index is 6.44. The summed E-state index contributed by atoms with van der Waals surface area (Å²) in [6.07, 6.45) is 3.12. The van der Waals surface area contributed by atoms with E-state index in [0.717, 1.165) is 30.6 Å². The number of halogens is 1. The first-order valence-corrected chi connectivity index (χ1v) is 6.43. The molecule has 1 aromatic rings. The average Bonchev–Trinajstić information content (AvgIpc) is 3.13. The maximum Gasteiger partial charge on any atom is 0.180 e. The molecule has 4 heteroatoms. The Balaban J connectivity index is 2.05. The van der Waals surface area contributed by atoms with E-state index in [1.54, 1.807) is 0 Å². The van der Waals surface area contributed by atoms with Gasteiger partial charge in [0, 0.05) is 18.4 Å². The molecule has 3 nitrogen and oxygen atoms in total. The van der Waals surface area contributed by atoms with Gasteiger partial charge >= 0.3 is 0 Å². The smallest absolute Gasteiger partial charge is 0.180 e. The molecule has 1 aliphatic carbocycles. The molecule has 2 N–H and O–H groups in total. The van der Waals surface area contributed by atoms with Crippen LogP contribution in [0.1, 0.15) is 24.8 Å². The highest BCUT2D eigenvalue weighted by Gasteiger charge is 2.45. The minimum Gasteiger partial charge on any atom is -0.490 e. The molecule has 17 heavy (non-hydrogen) atoms. The lowest BCUT2D eigenvalue weighted by atomic mass is 9.95. The van der Waals surface area contributed by atoms with Crippen LogP contribution in [0.5, 0.6) is 11.5 Å². The molecule has 0 atom stereocenters. The topological polar surface area (TPSA) is 44.5 Å². The Morgan fingerprint density at radius 2 is 2.00 bits per heavy atom. The standard InChI is InChI=1S/C13H16ClNO2/c14-11-9(13(8-15)4-5-13)2-3-10-12(11)17-7-1-6-16-10/h2-3H,1,4-8,15H2. The molecule has 92 valence electrons. The molecule has 1 aliphatic heterocycles. The van der Waals surface area contributed by atoms with E-state index in [0.29, 0.717) is 30.5 Å². The van der Waals surface area contributed by atoms with Crippen LogP contribution < -0.4 is 15.2 Å². The van der Waals surface area contributed by atoms with Crippen LogP contribution >= 0.6 is 11.6 Å². The Morgan fingerprint density at radius 1 is 1.24 bits per heavy atom. The SMILES string of the molecule is NCC1(c2ccc3c(c2Cl)OCCCO3)CC1. The summed E-state index contributed by atoms with van der Waals surface area (Å²) < 4.78 is 11.3. The molecule has 1 heterocycles. The number of nitrogens with two attached hydrogens (primary N) is 1. The largest absolute Gasteiger partial charge is 0.490 e. The number of hydrogen-bond donors (Lipinski definition) is 1. The predicted octanol–water partition coefficient (Wildman–Crippen LogP) is 2.49. The summed E-state index contributed by atoms with van der Waals surface area (Å²) in [6.45, 7) is 1.99. The fourth-order valence-electron chi connectivity index (χ4n) is 2.35. The molecule has 0 bridgehead atoms. The van der Waals surface area contributed by atoms with Crippen molar-refractivity contribution in [1.82, 2.24) is 0 Å². The van der Waals surface area contributed by atoms with Gasteiger partial charge in [0.2, 0.25) is 0 Å². The van der Waals surface area contributed by atoms with E-state index < -0.39 is 0 Å². The second-order valence-electron chi connectivity index (χ2n) is 4.79. The fourth-order valence-corrected chi connectivity index (χ4v) is 2.76. The zero-order valence-electron chi connectivity index (χ0n) is 9.67. The fraction of sp³-hybridized carbons (Fsp3) is 0.538. The number of hydrogen-bond acceptors (Lipinski definition) is 3. The first-order chi connectivity index (χ1) is 8.27. The van der Waals surface area contributed by atoms with Gasteiger partial charge in [0.15, 0.2) is 11.5 Å². The monoisotopic (exact) mass is 253 g/mol. The molecular formula is C13H16ClNO2. The Bertz CT molecular complexity index is 443. The van der Waals surface area contributed by atoms with E-state index in [-0.39, 0.29) is 5.41 Å².